The van der Waals surface area contributed by atoms with Crippen LogP contribution in [0.15, 0.2) is 60.8 Å². The van der Waals surface area contributed by atoms with Gasteiger partial charge in [0, 0.05) is 11.8 Å². The van der Waals surface area contributed by atoms with Gasteiger partial charge in [-0.15, -0.1) is 0 Å². The second kappa shape index (κ2) is 7.52. The molecule has 140 valence electrons. The summed E-state index contributed by atoms with van der Waals surface area (Å²) in [4.78, 5) is 24.3. The number of rotatable bonds is 4. The highest BCUT2D eigenvalue weighted by molar-refractivity contribution is 7.22. The van der Waals surface area contributed by atoms with Crippen molar-refractivity contribution in [2.45, 2.75) is 27.3 Å². The molecule has 2 heterocycles. The van der Waals surface area contributed by atoms with Crippen molar-refractivity contribution in [3.8, 4) is 0 Å². The van der Waals surface area contributed by atoms with Crippen molar-refractivity contribution in [3.63, 3.8) is 0 Å². The Morgan fingerprint density at radius 1 is 1.00 bits per heavy atom. The Morgan fingerprint density at radius 3 is 2.57 bits per heavy atom. The highest BCUT2D eigenvalue weighted by Gasteiger charge is 2.22. The number of benzene rings is 2. The van der Waals surface area contributed by atoms with E-state index in [-0.39, 0.29) is 5.91 Å². The molecule has 0 fully saturated rings. The molecule has 0 aliphatic heterocycles. The van der Waals surface area contributed by atoms with Gasteiger partial charge in [0.25, 0.3) is 5.91 Å². The van der Waals surface area contributed by atoms with E-state index in [1.54, 1.807) is 22.4 Å². The van der Waals surface area contributed by atoms with Crippen molar-refractivity contribution in [3.05, 3.63) is 88.7 Å². The summed E-state index contributed by atoms with van der Waals surface area (Å²) in [5.41, 5.74) is 5.89. The van der Waals surface area contributed by atoms with E-state index in [1.165, 1.54) is 11.1 Å². The fraction of sp³-hybridized carbons (Fsp3) is 0.174. The Balaban J connectivity index is 1.79. The van der Waals surface area contributed by atoms with Crippen molar-refractivity contribution >= 4 is 32.6 Å². The normalized spacial score (nSPS) is 11.0. The van der Waals surface area contributed by atoms with Crippen LogP contribution >= 0.6 is 11.3 Å². The minimum Gasteiger partial charge on any atom is -0.278 e. The first-order valence-electron chi connectivity index (χ1n) is 9.17. The molecule has 0 saturated carbocycles. The minimum atomic E-state index is -0.0677. The minimum absolute atomic E-state index is 0.0677. The van der Waals surface area contributed by atoms with E-state index in [0.717, 1.165) is 21.5 Å². The predicted molar refractivity (Wildman–Crippen MR) is 115 cm³/mol. The van der Waals surface area contributed by atoms with Crippen LogP contribution in [0.1, 0.15) is 32.7 Å². The molecule has 5 heteroatoms. The Morgan fingerprint density at radius 2 is 1.82 bits per heavy atom. The SMILES string of the molecule is Cc1cccc(C(=O)N(Cc2ccccn2)c2nc3cc(C)c(C)cc3s2)c1. The van der Waals surface area contributed by atoms with Gasteiger partial charge in [0.1, 0.15) is 0 Å². The third-order valence-electron chi connectivity index (χ3n) is 4.78. The van der Waals surface area contributed by atoms with Gasteiger partial charge in [-0.05, 0) is 68.3 Å². The van der Waals surface area contributed by atoms with Crippen LogP contribution < -0.4 is 4.90 Å². The van der Waals surface area contributed by atoms with Crippen molar-refractivity contribution in [2.24, 2.45) is 0 Å². The summed E-state index contributed by atoms with van der Waals surface area (Å²) in [6.07, 6.45) is 1.75. The first kappa shape index (κ1) is 18.3. The lowest BCUT2D eigenvalue weighted by Crippen LogP contribution is -2.30. The van der Waals surface area contributed by atoms with E-state index in [9.17, 15) is 4.79 Å². The molecule has 0 saturated heterocycles. The first-order chi connectivity index (χ1) is 13.5. The van der Waals surface area contributed by atoms with E-state index in [2.05, 4.69) is 31.0 Å². The number of amides is 1. The highest BCUT2D eigenvalue weighted by Crippen LogP contribution is 2.32. The van der Waals surface area contributed by atoms with Gasteiger partial charge in [-0.2, -0.15) is 0 Å². The Kier molecular flexibility index (Phi) is 4.92. The summed E-state index contributed by atoms with van der Waals surface area (Å²) < 4.78 is 1.08. The van der Waals surface area contributed by atoms with Gasteiger partial charge in [-0.1, -0.05) is 35.1 Å². The fourth-order valence-electron chi connectivity index (χ4n) is 3.10. The van der Waals surface area contributed by atoms with Crippen molar-refractivity contribution in [1.82, 2.24) is 9.97 Å². The second-order valence-electron chi connectivity index (χ2n) is 6.98. The molecule has 4 aromatic rings. The number of pyridine rings is 1. The molecule has 0 unspecified atom stereocenters. The Labute approximate surface area is 168 Å². The van der Waals surface area contributed by atoms with Gasteiger partial charge >= 0.3 is 0 Å². The number of nitrogens with zero attached hydrogens (tertiary/aromatic N) is 3. The molecule has 2 aromatic heterocycles. The average Bonchev–Trinajstić information content (AvgIpc) is 3.09. The van der Waals surface area contributed by atoms with Gasteiger partial charge in [-0.3, -0.25) is 14.7 Å². The van der Waals surface area contributed by atoms with Crippen molar-refractivity contribution < 1.29 is 4.79 Å². The van der Waals surface area contributed by atoms with E-state index in [1.807, 2.05) is 49.4 Å². The molecule has 0 atom stereocenters. The number of carbonyl (C=O) groups excluding carboxylic acids is 1. The van der Waals surface area contributed by atoms with Crippen LogP contribution in [-0.2, 0) is 6.54 Å². The van der Waals surface area contributed by atoms with Gasteiger partial charge in [0.2, 0.25) is 0 Å². The molecule has 0 spiro atoms. The first-order valence-corrected chi connectivity index (χ1v) is 9.99. The van der Waals surface area contributed by atoms with E-state index < -0.39 is 0 Å². The molecule has 2 aromatic carbocycles. The number of hydrogen-bond acceptors (Lipinski definition) is 4. The molecular weight excluding hydrogens is 366 g/mol. The Bertz CT molecular complexity index is 1110. The number of aryl methyl sites for hydroxylation is 3. The number of carbonyl (C=O) groups is 1. The summed E-state index contributed by atoms with van der Waals surface area (Å²) in [6, 6.07) is 17.6. The van der Waals surface area contributed by atoms with Gasteiger partial charge < -0.3 is 0 Å². The summed E-state index contributed by atoms with van der Waals surface area (Å²) in [6.45, 7) is 6.55. The largest absolute Gasteiger partial charge is 0.278 e. The molecule has 28 heavy (non-hydrogen) atoms. The number of hydrogen-bond donors (Lipinski definition) is 0. The molecule has 4 nitrogen and oxygen atoms in total. The van der Waals surface area contributed by atoms with Crippen molar-refractivity contribution in [2.75, 3.05) is 4.90 Å². The fourth-order valence-corrected chi connectivity index (χ4v) is 4.14. The summed E-state index contributed by atoms with van der Waals surface area (Å²) >= 11 is 1.54. The van der Waals surface area contributed by atoms with Crippen LogP contribution in [0.5, 0.6) is 0 Å². The maximum Gasteiger partial charge on any atom is 0.260 e. The quantitative estimate of drug-likeness (QED) is 0.467. The zero-order valence-electron chi connectivity index (χ0n) is 16.1. The highest BCUT2D eigenvalue weighted by atomic mass is 32.1. The predicted octanol–water partition coefficient (Wildman–Crippen LogP) is 5.46. The molecular formula is C23H21N3OS. The zero-order valence-corrected chi connectivity index (χ0v) is 17.0. The number of anilines is 1. The molecule has 0 aliphatic carbocycles. The monoisotopic (exact) mass is 387 g/mol. The molecule has 0 N–H and O–H groups in total. The lowest BCUT2D eigenvalue weighted by Gasteiger charge is -2.19. The maximum absolute atomic E-state index is 13.4. The zero-order chi connectivity index (χ0) is 19.7. The maximum atomic E-state index is 13.4. The van der Waals surface area contributed by atoms with Crippen LogP contribution in [-0.4, -0.2) is 15.9 Å². The van der Waals surface area contributed by atoms with Crippen LogP contribution in [0.25, 0.3) is 10.2 Å². The standard InChI is InChI=1S/C23H21N3OS/c1-15-7-6-8-18(11-15)22(27)26(14-19-9-4-5-10-24-19)23-25-20-12-16(2)17(3)13-21(20)28-23/h4-13H,14H2,1-3H3. The third kappa shape index (κ3) is 3.66. The summed E-state index contributed by atoms with van der Waals surface area (Å²) in [5.74, 6) is -0.0677. The van der Waals surface area contributed by atoms with Gasteiger partial charge in [0.05, 0.1) is 22.5 Å². The van der Waals surface area contributed by atoms with Gasteiger partial charge in [0.15, 0.2) is 5.13 Å². The third-order valence-corrected chi connectivity index (χ3v) is 5.82. The van der Waals surface area contributed by atoms with Crippen LogP contribution in [0.3, 0.4) is 0 Å². The summed E-state index contributed by atoms with van der Waals surface area (Å²) in [5, 5.41) is 0.692. The van der Waals surface area contributed by atoms with E-state index in [0.29, 0.717) is 17.2 Å². The molecule has 0 bridgehead atoms. The molecule has 0 radical (unpaired) electrons. The van der Waals surface area contributed by atoms with Crippen LogP contribution in [0.4, 0.5) is 5.13 Å². The molecule has 1 amide bonds. The lowest BCUT2D eigenvalue weighted by atomic mass is 10.1. The van der Waals surface area contributed by atoms with Crippen LogP contribution in [0, 0.1) is 20.8 Å². The summed E-state index contributed by atoms with van der Waals surface area (Å²) in [7, 11) is 0. The topological polar surface area (TPSA) is 46.1 Å². The van der Waals surface area contributed by atoms with Gasteiger partial charge in [-0.25, -0.2) is 4.98 Å². The number of aromatic nitrogens is 2. The molecule has 4 rings (SSSR count). The lowest BCUT2D eigenvalue weighted by molar-refractivity contribution is 0.0984. The van der Waals surface area contributed by atoms with E-state index >= 15 is 0 Å². The van der Waals surface area contributed by atoms with Crippen LogP contribution in [0.2, 0.25) is 0 Å². The Hall–Kier alpha value is -3.05. The van der Waals surface area contributed by atoms with Crippen molar-refractivity contribution in [1.29, 1.82) is 0 Å². The molecule has 0 aliphatic rings. The van der Waals surface area contributed by atoms with E-state index in [4.69, 9.17) is 4.98 Å². The number of fused-ring (bicyclic) bond motifs is 1. The average molecular weight is 388 g/mol. The smallest absolute Gasteiger partial charge is 0.260 e. The second-order valence-corrected chi connectivity index (χ2v) is 7.99. The number of thiazole rings is 1.